The summed E-state index contributed by atoms with van der Waals surface area (Å²) in [5, 5.41) is 2.68. The largest absolute Gasteiger partial charge is 0.143 e. The van der Waals surface area contributed by atoms with Crippen molar-refractivity contribution in [2.45, 2.75) is 0 Å². The number of hydrogen-bond donors (Lipinski definition) is 0. The molecule has 0 saturated carbocycles. The first-order valence-corrected chi connectivity index (χ1v) is 3.45. The van der Waals surface area contributed by atoms with E-state index in [0.717, 1.165) is 9.90 Å². The molecule has 0 fully saturated rings. The molecule has 0 saturated heterocycles. The third-order valence-corrected chi connectivity index (χ3v) is 2.06. The lowest BCUT2D eigenvalue weighted by molar-refractivity contribution is 1.95. The fourth-order valence-electron chi connectivity index (χ4n) is 0.435. The average Bonchev–Trinajstić information content (AvgIpc) is 2.14. The Morgan fingerprint density at radius 1 is 1.75 bits per heavy atom. The first-order chi connectivity index (χ1) is 3.83. The van der Waals surface area contributed by atoms with Gasteiger partial charge in [-0.3, -0.25) is 0 Å². The van der Waals surface area contributed by atoms with E-state index in [1.807, 2.05) is 11.4 Å². The molecule has 0 bridgehead atoms. The van der Waals surface area contributed by atoms with Crippen LogP contribution in [0, 0.1) is 0 Å². The van der Waals surface area contributed by atoms with E-state index in [9.17, 15) is 0 Å². The van der Waals surface area contributed by atoms with Gasteiger partial charge < -0.3 is 0 Å². The molecule has 0 radical (unpaired) electrons. The summed E-state index contributed by atoms with van der Waals surface area (Å²) < 4.78 is 0. The van der Waals surface area contributed by atoms with Crippen molar-refractivity contribution >= 4 is 29.0 Å². The Bertz CT molecular complexity index is 190. The number of halogens is 1. The van der Waals surface area contributed by atoms with Gasteiger partial charge in [0.15, 0.2) is 0 Å². The second kappa shape index (κ2) is 2.33. The summed E-state index contributed by atoms with van der Waals surface area (Å²) >= 11 is 7.20. The highest BCUT2D eigenvalue weighted by Crippen LogP contribution is 2.19. The van der Waals surface area contributed by atoms with E-state index in [1.165, 1.54) is 0 Å². The average molecular weight is 145 g/mol. The van der Waals surface area contributed by atoms with Crippen LogP contribution in [0.1, 0.15) is 4.88 Å². The third-order valence-electron chi connectivity index (χ3n) is 0.789. The molecule has 0 nitrogen and oxygen atoms in total. The van der Waals surface area contributed by atoms with E-state index in [-0.39, 0.29) is 0 Å². The zero-order valence-electron chi connectivity index (χ0n) is 4.23. The maximum absolute atomic E-state index is 5.60. The van der Waals surface area contributed by atoms with Gasteiger partial charge in [0.2, 0.25) is 0 Å². The Morgan fingerprint density at radius 3 is 2.75 bits per heavy atom. The Balaban J connectivity index is 3.00. The maximum Gasteiger partial charge on any atom is 0.0519 e. The second-order valence-corrected chi connectivity index (χ2v) is 2.75. The highest BCUT2D eigenvalue weighted by molar-refractivity contribution is 7.11. The van der Waals surface area contributed by atoms with E-state index in [2.05, 4.69) is 6.58 Å². The number of hydrogen-bond acceptors (Lipinski definition) is 1. The van der Waals surface area contributed by atoms with Gasteiger partial charge in [0.25, 0.3) is 0 Å². The molecule has 1 rings (SSSR count). The molecule has 0 aliphatic carbocycles. The minimum absolute atomic E-state index is 0.796. The lowest BCUT2D eigenvalue weighted by Gasteiger charge is -1.72. The smallest absolute Gasteiger partial charge is 0.0519 e. The third kappa shape index (κ3) is 1.11. The van der Waals surface area contributed by atoms with Crippen LogP contribution in [0.25, 0.3) is 6.08 Å². The molecule has 1 aromatic rings. The summed E-state index contributed by atoms with van der Waals surface area (Å²) in [6.45, 7) is 3.60. The van der Waals surface area contributed by atoms with Crippen molar-refractivity contribution in [1.82, 2.24) is 0 Å². The minimum atomic E-state index is 0.796. The lowest BCUT2D eigenvalue weighted by atomic mass is 10.5. The van der Waals surface area contributed by atoms with Gasteiger partial charge in [-0.15, -0.1) is 11.3 Å². The highest BCUT2D eigenvalue weighted by atomic mass is 35.5. The van der Waals surface area contributed by atoms with E-state index < -0.39 is 0 Å². The van der Waals surface area contributed by atoms with E-state index in [0.29, 0.717) is 0 Å². The molecule has 42 valence electrons. The second-order valence-electron chi connectivity index (χ2n) is 1.37. The Kier molecular flexibility index (Phi) is 1.71. The first-order valence-electron chi connectivity index (χ1n) is 2.19. The van der Waals surface area contributed by atoms with Crippen LogP contribution >= 0.6 is 22.9 Å². The molecule has 0 aliphatic heterocycles. The Hall–Kier alpha value is -0.270. The van der Waals surface area contributed by atoms with Crippen molar-refractivity contribution in [1.29, 1.82) is 0 Å². The molecule has 0 N–H and O–H groups in total. The van der Waals surface area contributed by atoms with Crippen LogP contribution in [-0.4, -0.2) is 0 Å². The van der Waals surface area contributed by atoms with Crippen LogP contribution in [-0.2, 0) is 0 Å². The molecule has 1 aromatic heterocycles. The Labute approximate surface area is 57.4 Å². The van der Waals surface area contributed by atoms with Crippen molar-refractivity contribution in [2.75, 3.05) is 0 Å². The Morgan fingerprint density at radius 2 is 2.50 bits per heavy atom. The van der Waals surface area contributed by atoms with Crippen molar-refractivity contribution in [3.8, 4) is 0 Å². The monoisotopic (exact) mass is 144 g/mol. The highest BCUT2D eigenvalue weighted by Gasteiger charge is 1.89. The molecule has 8 heavy (non-hydrogen) atoms. The lowest BCUT2D eigenvalue weighted by Crippen LogP contribution is -1.48. The minimum Gasteiger partial charge on any atom is -0.143 e. The van der Waals surface area contributed by atoms with Gasteiger partial charge in [0.1, 0.15) is 0 Å². The summed E-state index contributed by atoms with van der Waals surface area (Å²) in [5.41, 5.74) is 0. The normalized spacial score (nSPS) is 9.12. The van der Waals surface area contributed by atoms with Gasteiger partial charge in [-0.2, -0.15) is 0 Å². The molecule has 1 heterocycles. The summed E-state index contributed by atoms with van der Waals surface area (Å²) in [6.07, 6.45) is 1.79. The topological polar surface area (TPSA) is 0 Å². The van der Waals surface area contributed by atoms with Crippen LogP contribution in [0.15, 0.2) is 18.0 Å². The van der Waals surface area contributed by atoms with Crippen molar-refractivity contribution in [2.24, 2.45) is 0 Å². The summed E-state index contributed by atoms with van der Waals surface area (Å²) in [7, 11) is 0. The fourth-order valence-corrected chi connectivity index (χ4v) is 1.36. The molecule has 0 unspecified atom stereocenters. The molecule has 0 aromatic carbocycles. The standard InChI is InChI=1S/C6H5ClS/c1-2-6-3-5(7)4-8-6/h2-4H,1H2. The molecule has 0 atom stereocenters. The van der Waals surface area contributed by atoms with Crippen molar-refractivity contribution < 1.29 is 0 Å². The number of rotatable bonds is 1. The predicted octanol–water partition coefficient (Wildman–Crippen LogP) is 3.04. The fraction of sp³-hybridized carbons (Fsp3) is 0. The van der Waals surface area contributed by atoms with E-state index >= 15 is 0 Å². The molecule has 2 heteroatoms. The quantitative estimate of drug-likeness (QED) is 0.569. The van der Waals surface area contributed by atoms with Crippen LogP contribution in [0.4, 0.5) is 0 Å². The zero-order valence-corrected chi connectivity index (χ0v) is 5.80. The van der Waals surface area contributed by atoms with Gasteiger partial charge in [-0.25, -0.2) is 0 Å². The summed E-state index contributed by atoms with van der Waals surface area (Å²) in [5.74, 6) is 0. The van der Waals surface area contributed by atoms with Gasteiger partial charge in [-0.05, 0) is 6.07 Å². The van der Waals surface area contributed by atoms with E-state index in [4.69, 9.17) is 11.6 Å². The van der Waals surface area contributed by atoms with Gasteiger partial charge in [-0.1, -0.05) is 24.3 Å². The van der Waals surface area contributed by atoms with Gasteiger partial charge >= 0.3 is 0 Å². The van der Waals surface area contributed by atoms with E-state index in [1.54, 1.807) is 17.4 Å². The van der Waals surface area contributed by atoms with Gasteiger partial charge in [0.05, 0.1) is 5.02 Å². The van der Waals surface area contributed by atoms with Crippen LogP contribution in [0.5, 0.6) is 0 Å². The zero-order chi connectivity index (χ0) is 5.98. The first kappa shape index (κ1) is 5.86. The molecule has 0 aliphatic rings. The molecular weight excluding hydrogens is 140 g/mol. The maximum atomic E-state index is 5.60. The van der Waals surface area contributed by atoms with Gasteiger partial charge in [0, 0.05) is 10.3 Å². The molecular formula is C6H5ClS. The SMILES string of the molecule is C=Cc1cc(Cl)cs1. The number of thiophene rings is 1. The predicted molar refractivity (Wildman–Crippen MR) is 39.4 cm³/mol. The molecule has 0 amide bonds. The van der Waals surface area contributed by atoms with Crippen LogP contribution in [0.3, 0.4) is 0 Å². The summed E-state index contributed by atoms with van der Waals surface area (Å²) in [6, 6.07) is 1.89. The van der Waals surface area contributed by atoms with Crippen LogP contribution < -0.4 is 0 Å². The molecule has 0 spiro atoms. The van der Waals surface area contributed by atoms with Crippen LogP contribution in [0.2, 0.25) is 5.02 Å². The summed E-state index contributed by atoms with van der Waals surface area (Å²) in [4.78, 5) is 1.12. The van der Waals surface area contributed by atoms with Crippen molar-refractivity contribution in [3.05, 3.63) is 27.9 Å². The van der Waals surface area contributed by atoms with Crippen molar-refractivity contribution in [3.63, 3.8) is 0 Å².